The molecule has 1 rings (SSSR count). The van der Waals surface area contributed by atoms with Gasteiger partial charge in [0.15, 0.2) is 0 Å². The maximum Gasteiger partial charge on any atom is 0.345 e. The maximum absolute atomic E-state index is 11.6. The van der Waals surface area contributed by atoms with Gasteiger partial charge in [-0.3, -0.25) is 4.79 Å². The number of H-pyrrole nitrogens is 1. The number of aromatic nitrogens is 2. The molecule has 0 bridgehead atoms. The average Bonchev–Trinajstić information content (AvgIpc) is 2.29. The first-order valence-electron chi connectivity index (χ1n) is 5.52. The summed E-state index contributed by atoms with van der Waals surface area (Å²) in [5.74, 6) is 1.62. The Balaban J connectivity index is 2.72. The lowest BCUT2D eigenvalue weighted by molar-refractivity contribution is 0.0523. The van der Waals surface area contributed by atoms with E-state index in [1.54, 1.807) is 18.7 Å². The van der Waals surface area contributed by atoms with Gasteiger partial charge in [0.2, 0.25) is 0 Å². The van der Waals surface area contributed by atoms with Crippen LogP contribution in [0.3, 0.4) is 0 Å². The molecule has 0 saturated heterocycles. The van der Waals surface area contributed by atoms with Crippen molar-refractivity contribution in [3.8, 4) is 0 Å². The minimum atomic E-state index is -0.631. The molecule has 0 saturated carbocycles. The molecule has 0 aliphatic carbocycles. The lowest BCUT2D eigenvalue weighted by Gasteiger charge is -2.02. The third kappa shape index (κ3) is 4.22. The van der Waals surface area contributed by atoms with Gasteiger partial charge < -0.3 is 9.72 Å². The summed E-state index contributed by atoms with van der Waals surface area (Å²) < 4.78 is 4.74. The zero-order valence-electron chi connectivity index (χ0n) is 9.99. The van der Waals surface area contributed by atoms with Crippen LogP contribution in [0.5, 0.6) is 0 Å². The van der Waals surface area contributed by atoms with E-state index in [1.807, 2.05) is 0 Å². The van der Waals surface area contributed by atoms with Crippen LogP contribution in [0.4, 0.5) is 0 Å². The molecule has 0 aliphatic rings. The summed E-state index contributed by atoms with van der Waals surface area (Å²) in [6, 6.07) is 0. The van der Waals surface area contributed by atoms with Gasteiger partial charge >= 0.3 is 5.97 Å². The van der Waals surface area contributed by atoms with Crippen molar-refractivity contribution in [2.24, 2.45) is 0 Å². The lowest BCUT2D eigenvalue weighted by atomic mass is 10.3. The van der Waals surface area contributed by atoms with Crippen LogP contribution in [0.2, 0.25) is 0 Å². The molecule has 5 nitrogen and oxygen atoms in total. The fourth-order valence-electron chi connectivity index (χ4n) is 1.17. The Bertz CT molecular complexity index is 431. The van der Waals surface area contributed by atoms with Crippen molar-refractivity contribution >= 4 is 17.7 Å². The predicted octanol–water partition coefficient (Wildman–Crippen LogP) is 1.59. The van der Waals surface area contributed by atoms with Crippen LogP contribution in [0.15, 0.2) is 11.0 Å². The van der Waals surface area contributed by atoms with Crippen molar-refractivity contribution in [2.75, 3.05) is 12.4 Å². The molecular formula is C11H16N2O3S. The van der Waals surface area contributed by atoms with Crippen LogP contribution in [0.25, 0.3) is 0 Å². The first-order valence-corrected chi connectivity index (χ1v) is 6.67. The van der Waals surface area contributed by atoms with Crippen molar-refractivity contribution in [1.29, 1.82) is 0 Å². The second kappa shape index (κ2) is 7.11. The summed E-state index contributed by atoms with van der Waals surface area (Å²) in [5, 5.41) is 0. The fraction of sp³-hybridized carbons (Fsp3) is 0.545. The number of rotatable bonds is 6. The molecule has 0 atom stereocenters. The molecule has 0 fully saturated rings. The van der Waals surface area contributed by atoms with Gasteiger partial charge in [-0.1, -0.05) is 6.92 Å². The monoisotopic (exact) mass is 256 g/mol. The van der Waals surface area contributed by atoms with E-state index in [0.29, 0.717) is 11.6 Å². The maximum atomic E-state index is 11.6. The fourth-order valence-corrected chi connectivity index (χ4v) is 1.95. The summed E-state index contributed by atoms with van der Waals surface area (Å²) in [4.78, 5) is 29.6. The van der Waals surface area contributed by atoms with Crippen molar-refractivity contribution in [3.63, 3.8) is 0 Å². The zero-order valence-corrected chi connectivity index (χ0v) is 10.8. The van der Waals surface area contributed by atoms with Gasteiger partial charge in [-0.25, -0.2) is 9.78 Å². The molecule has 0 radical (unpaired) electrons. The molecule has 1 aromatic rings. The van der Waals surface area contributed by atoms with Crippen LogP contribution in [0.1, 0.15) is 36.5 Å². The van der Waals surface area contributed by atoms with Gasteiger partial charge in [0, 0.05) is 6.20 Å². The quantitative estimate of drug-likeness (QED) is 0.618. The number of nitrogens with zero attached hydrogens (tertiary/aromatic N) is 1. The van der Waals surface area contributed by atoms with Gasteiger partial charge in [-0.05, 0) is 19.1 Å². The van der Waals surface area contributed by atoms with Crippen LogP contribution in [-0.4, -0.2) is 28.3 Å². The number of thioether (sulfide) groups is 1. The summed E-state index contributed by atoms with van der Waals surface area (Å²) >= 11 is 1.69. The molecule has 0 unspecified atom stereocenters. The Kier molecular flexibility index (Phi) is 5.76. The van der Waals surface area contributed by atoms with Crippen LogP contribution in [0, 0.1) is 0 Å². The largest absolute Gasteiger partial charge is 0.462 e. The highest BCUT2D eigenvalue weighted by Crippen LogP contribution is 2.08. The smallest absolute Gasteiger partial charge is 0.345 e. The van der Waals surface area contributed by atoms with Gasteiger partial charge in [-0.15, -0.1) is 0 Å². The number of carbonyl (C=O) groups excluding carboxylic acids is 1. The normalized spacial score (nSPS) is 10.2. The van der Waals surface area contributed by atoms with E-state index in [1.165, 1.54) is 6.20 Å². The Morgan fingerprint density at radius 3 is 2.88 bits per heavy atom. The van der Waals surface area contributed by atoms with E-state index in [-0.39, 0.29) is 12.2 Å². The van der Waals surface area contributed by atoms with E-state index >= 15 is 0 Å². The van der Waals surface area contributed by atoms with Crippen LogP contribution >= 0.6 is 11.8 Å². The number of nitrogens with one attached hydrogen (secondary N) is 1. The Morgan fingerprint density at radius 2 is 2.29 bits per heavy atom. The van der Waals surface area contributed by atoms with E-state index in [4.69, 9.17) is 4.74 Å². The molecule has 94 valence electrons. The third-order valence-electron chi connectivity index (χ3n) is 1.93. The molecule has 0 aromatic carbocycles. The standard InChI is InChI=1S/C11H16N2O3S/c1-3-5-17-7-9-12-6-8(10(14)13-9)11(15)16-4-2/h6H,3-5,7H2,1-2H3,(H,12,13,14). The van der Waals surface area contributed by atoms with Crippen LogP contribution < -0.4 is 5.56 Å². The van der Waals surface area contributed by atoms with Crippen molar-refractivity contribution in [2.45, 2.75) is 26.0 Å². The average molecular weight is 256 g/mol. The molecule has 6 heteroatoms. The highest BCUT2D eigenvalue weighted by atomic mass is 32.2. The van der Waals surface area contributed by atoms with E-state index in [9.17, 15) is 9.59 Å². The first kappa shape index (κ1) is 13.8. The number of carbonyl (C=O) groups is 1. The van der Waals surface area contributed by atoms with Gasteiger partial charge in [0.1, 0.15) is 11.4 Å². The van der Waals surface area contributed by atoms with Crippen molar-refractivity contribution in [1.82, 2.24) is 9.97 Å². The van der Waals surface area contributed by atoms with E-state index < -0.39 is 11.5 Å². The second-order valence-electron chi connectivity index (χ2n) is 3.35. The summed E-state index contributed by atoms with van der Waals surface area (Å²) in [7, 11) is 0. The summed E-state index contributed by atoms with van der Waals surface area (Å²) in [6.45, 7) is 4.02. The highest BCUT2D eigenvalue weighted by molar-refractivity contribution is 7.98. The number of hydrogen-bond acceptors (Lipinski definition) is 5. The topological polar surface area (TPSA) is 72.0 Å². The number of esters is 1. The second-order valence-corrected chi connectivity index (χ2v) is 4.45. The summed E-state index contributed by atoms with van der Waals surface area (Å²) in [6.07, 6.45) is 2.36. The van der Waals surface area contributed by atoms with Gasteiger partial charge in [-0.2, -0.15) is 11.8 Å². The molecule has 1 N–H and O–H groups in total. The van der Waals surface area contributed by atoms with Crippen molar-refractivity contribution in [3.05, 3.63) is 27.9 Å². The van der Waals surface area contributed by atoms with Gasteiger partial charge in [0.05, 0.1) is 12.4 Å². The molecule has 0 amide bonds. The number of ether oxygens (including phenoxy) is 1. The first-order chi connectivity index (χ1) is 8.19. The predicted molar refractivity (Wildman–Crippen MR) is 67.3 cm³/mol. The van der Waals surface area contributed by atoms with E-state index in [0.717, 1.165) is 12.2 Å². The molecule has 0 aliphatic heterocycles. The van der Waals surface area contributed by atoms with Crippen LogP contribution in [-0.2, 0) is 10.5 Å². The van der Waals surface area contributed by atoms with Crippen molar-refractivity contribution < 1.29 is 9.53 Å². The molecule has 0 spiro atoms. The number of aromatic amines is 1. The molecule has 17 heavy (non-hydrogen) atoms. The third-order valence-corrected chi connectivity index (χ3v) is 3.11. The Hall–Kier alpha value is -1.30. The Labute approximate surface area is 104 Å². The van der Waals surface area contributed by atoms with Gasteiger partial charge in [0.25, 0.3) is 5.56 Å². The zero-order chi connectivity index (χ0) is 12.7. The number of hydrogen-bond donors (Lipinski definition) is 1. The molecule has 1 heterocycles. The lowest BCUT2D eigenvalue weighted by Crippen LogP contribution is -2.21. The molecule has 1 aromatic heterocycles. The Morgan fingerprint density at radius 1 is 1.53 bits per heavy atom. The molecular weight excluding hydrogens is 240 g/mol. The minimum Gasteiger partial charge on any atom is -0.462 e. The minimum absolute atomic E-state index is 0.0453. The van der Waals surface area contributed by atoms with E-state index in [2.05, 4.69) is 16.9 Å². The summed E-state index contributed by atoms with van der Waals surface area (Å²) in [5.41, 5.74) is -0.485. The highest BCUT2D eigenvalue weighted by Gasteiger charge is 2.12. The SMILES string of the molecule is CCCSCc1ncc(C(=O)OCC)c(=O)[nH]1.